The number of aryl methyl sites for hydroxylation is 2. The number of likely N-dealkylation sites (tertiary alicyclic amines) is 1. The summed E-state index contributed by atoms with van der Waals surface area (Å²) in [6.45, 7) is 12.5. The van der Waals surface area contributed by atoms with Crippen molar-refractivity contribution in [2.45, 2.75) is 89.8 Å². The van der Waals surface area contributed by atoms with Gasteiger partial charge in [0, 0.05) is 109 Å². The van der Waals surface area contributed by atoms with Crippen LogP contribution in [0.25, 0.3) is 10.9 Å². The van der Waals surface area contributed by atoms with Crippen molar-refractivity contribution >= 4 is 40.1 Å². The van der Waals surface area contributed by atoms with Gasteiger partial charge in [0.25, 0.3) is 0 Å². The van der Waals surface area contributed by atoms with E-state index in [9.17, 15) is 19.6 Å². The molecular weight excluding hydrogens is 705 g/mol. The number of hydrogen-bond donors (Lipinski definition) is 4. The lowest BCUT2D eigenvalue weighted by Gasteiger charge is -2.39. The second-order valence-corrected chi connectivity index (χ2v) is 16.9. The highest BCUT2D eigenvalue weighted by molar-refractivity contribution is 6.20. The van der Waals surface area contributed by atoms with Crippen molar-refractivity contribution in [3.63, 3.8) is 0 Å². The third-order valence-electron chi connectivity index (χ3n) is 13.1. The fraction of sp³-hybridized carbons (Fsp3) is 0.512. The fourth-order valence-corrected chi connectivity index (χ4v) is 9.49. The summed E-state index contributed by atoms with van der Waals surface area (Å²) in [6.07, 6.45) is 9.12. The van der Waals surface area contributed by atoms with Crippen molar-refractivity contribution in [1.82, 2.24) is 29.7 Å². The molecular formula is C43H54N10O3. The van der Waals surface area contributed by atoms with Gasteiger partial charge in [-0.1, -0.05) is 26.8 Å². The van der Waals surface area contributed by atoms with Crippen LogP contribution in [0.4, 0.5) is 11.6 Å². The zero-order valence-electron chi connectivity index (χ0n) is 32.9. The van der Waals surface area contributed by atoms with Crippen LogP contribution in [0.5, 0.6) is 0 Å². The molecule has 6 N–H and O–H groups in total. The molecule has 13 nitrogen and oxygen atoms in total. The molecule has 13 heteroatoms. The maximum atomic E-state index is 14.1. The molecule has 2 aliphatic carbocycles. The van der Waals surface area contributed by atoms with E-state index in [4.69, 9.17) is 11.5 Å². The highest BCUT2D eigenvalue weighted by Gasteiger charge is 2.55. The molecule has 1 saturated carbocycles. The number of piperazine rings is 1. The van der Waals surface area contributed by atoms with Crippen LogP contribution < -0.4 is 21.7 Å². The van der Waals surface area contributed by atoms with Crippen molar-refractivity contribution < 1.29 is 14.4 Å². The number of carbonyl (C=O) groups excluding carboxylic acids is 3. The zero-order valence-corrected chi connectivity index (χ0v) is 32.9. The first-order valence-electron chi connectivity index (χ1n) is 20.3. The summed E-state index contributed by atoms with van der Waals surface area (Å²) in [5.74, 6) is 0.591. The molecule has 2 amide bonds. The van der Waals surface area contributed by atoms with E-state index in [1.807, 2.05) is 27.8 Å². The number of amides is 2. The number of nitrogens with two attached hydrogens (primary N) is 2. The van der Waals surface area contributed by atoms with Gasteiger partial charge in [0.15, 0.2) is 11.7 Å². The number of H-pyrrole nitrogens is 1. The lowest BCUT2D eigenvalue weighted by Crippen LogP contribution is -2.49. The van der Waals surface area contributed by atoms with Crippen LogP contribution in [0.2, 0.25) is 0 Å². The van der Waals surface area contributed by atoms with Crippen LogP contribution in [0.1, 0.15) is 97.6 Å². The summed E-state index contributed by atoms with van der Waals surface area (Å²) >= 11 is 0. The van der Waals surface area contributed by atoms with E-state index in [1.54, 1.807) is 12.3 Å². The molecule has 2 aromatic carbocycles. The summed E-state index contributed by atoms with van der Waals surface area (Å²) < 4.78 is 1.86. The molecule has 56 heavy (non-hydrogen) atoms. The molecule has 8 rings (SSSR count). The number of fused-ring (bicyclic) bond motifs is 4. The van der Waals surface area contributed by atoms with Gasteiger partial charge in [0.05, 0.1) is 23.2 Å². The van der Waals surface area contributed by atoms with E-state index in [0.29, 0.717) is 49.6 Å². The van der Waals surface area contributed by atoms with Crippen molar-refractivity contribution in [2.75, 3.05) is 56.4 Å². The first kappa shape index (κ1) is 37.7. The number of nitrogens with one attached hydrogen (secondary N) is 2. The Hall–Kier alpha value is -5.19. The number of benzene rings is 2. The SMILES string of the molecule is CCc1cc2c(cc1N1CCN(C(=O)CCCN3C[C@H](NC(=O)[C@@H](N)CCCn4ccnc4N)C4(CC4)C3)CC1)C(C)(C)c1[nH]c3cc(C#N)ccc3c1C2=O. The fourth-order valence-electron chi connectivity index (χ4n) is 9.49. The Balaban J connectivity index is 0.835. The van der Waals surface area contributed by atoms with Crippen molar-refractivity contribution in [1.29, 1.82) is 5.26 Å². The average molecular weight is 759 g/mol. The summed E-state index contributed by atoms with van der Waals surface area (Å²) in [4.78, 5) is 54.9. The number of aromatic nitrogens is 3. The smallest absolute Gasteiger partial charge is 0.237 e. The summed E-state index contributed by atoms with van der Waals surface area (Å²) in [5, 5.41) is 13.6. The molecule has 3 fully saturated rings. The normalized spacial score (nSPS) is 20.2. The third kappa shape index (κ3) is 6.83. The number of rotatable bonds is 12. The standard InChI is InChI=1S/C43H54N10O3/c1-4-28-22-30-31(42(2,3)39-37(38(30)55)29-10-9-27(24-44)21-33(29)48-39)23-34(28)51-17-19-52(20-18-51)36(54)8-6-14-50-25-35(43(26-50)11-12-43)49-40(56)32(45)7-5-15-53-16-13-47-41(53)46/h9-10,13,16,21-23,32,35,48H,4-8,11-12,14-15,17-20,25-26,45H2,1-3H3,(H2,46,47)(H,49,56)/t32-,35-/m0/s1. The highest BCUT2D eigenvalue weighted by atomic mass is 16.2. The highest BCUT2D eigenvalue weighted by Crippen LogP contribution is 2.53. The molecule has 4 heterocycles. The Morgan fingerprint density at radius 3 is 2.59 bits per heavy atom. The number of hydrogen-bond acceptors (Lipinski definition) is 9. The van der Waals surface area contributed by atoms with E-state index in [-0.39, 0.29) is 29.1 Å². The monoisotopic (exact) mass is 758 g/mol. The molecule has 0 bridgehead atoms. The molecule has 2 saturated heterocycles. The van der Waals surface area contributed by atoms with Crippen LogP contribution in [0, 0.1) is 16.7 Å². The van der Waals surface area contributed by atoms with Crippen molar-refractivity contribution in [3.05, 3.63) is 76.2 Å². The minimum Gasteiger partial charge on any atom is -0.369 e. The van der Waals surface area contributed by atoms with E-state index < -0.39 is 11.5 Å². The Morgan fingerprint density at radius 2 is 1.89 bits per heavy atom. The van der Waals surface area contributed by atoms with Crippen LogP contribution in [-0.4, -0.2) is 99.8 Å². The quantitative estimate of drug-likeness (QED) is 0.166. The van der Waals surface area contributed by atoms with Crippen LogP contribution >= 0.6 is 0 Å². The van der Waals surface area contributed by atoms with E-state index in [0.717, 1.165) is 104 Å². The number of carbonyl (C=O) groups is 3. The second kappa shape index (κ2) is 14.7. The number of imidazole rings is 1. The maximum Gasteiger partial charge on any atom is 0.237 e. The predicted molar refractivity (Wildman–Crippen MR) is 216 cm³/mol. The second-order valence-electron chi connectivity index (χ2n) is 16.9. The Kier molecular flexibility index (Phi) is 9.91. The number of aromatic amines is 1. The zero-order chi connectivity index (χ0) is 39.4. The van der Waals surface area contributed by atoms with Crippen LogP contribution in [0.15, 0.2) is 42.7 Å². The summed E-state index contributed by atoms with van der Waals surface area (Å²) in [7, 11) is 0. The van der Waals surface area contributed by atoms with Gasteiger partial charge in [-0.25, -0.2) is 4.98 Å². The Bertz CT molecular complexity index is 2220. The van der Waals surface area contributed by atoms with Gasteiger partial charge >= 0.3 is 0 Å². The van der Waals surface area contributed by atoms with Crippen LogP contribution in [0.3, 0.4) is 0 Å². The van der Waals surface area contributed by atoms with Gasteiger partial charge < -0.3 is 41.0 Å². The minimum absolute atomic E-state index is 0.0209. The molecule has 0 unspecified atom stereocenters. The number of nitrogen functional groups attached to an aromatic ring is 1. The molecule has 2 aromatic heterocycles. The van der Waals surface area contributed by atoms with Gasteiger partial charge in [-0.05, 0) is 80.5 Å². The molecule has 1 spiro atoms. The number of anilines is 2. The third-order valence-corrected chi connectivity index (χ3v) is 13.1. The average Bonchev–Trinajstić information content (AvgIpc) is 3.50. The topological polar surface area (TPSA) is 182 Å². The lowest BCUT2D eigenvalue weighted by molar-refractivity contribution is -0.131. The van der Waals surface area contributed by atoms with Gasteiger partial charge in [0.1, 0.15) is 0 Å². The summed E-state index contributed by atoms with van der Waals surface area (Å²) in [6, 6.07) is 11.5. The number of nitrogens with zero attached hydrogens (tertiary/aromatic N) is 6. The molecule has 0 radical (unpaired) electrons. The van der Waals surface area contributed by atoms with E-state index in [1.165, 1.54) is 0 Å². The predicted octanol–water partition coefficient (Wildman–Crippen LogP) is 4.07. The van der Waals surface area contributed by atoms with Gasteiger partial charge in [-0.3, -0.25) is 14.4 Å². The maximum absolute atomic E-state index is 14.1. The molecule has 4 aromatic rings. The first-order chi connectivity index (χ1) is 26.9. The minimum atomic E-state index is -0.562. The Morgan fingerprint density at radius 1 is 1.11 bits per heavy atom. The molecule has 4 aliphatic rings. The van der Waals surface area contributed by atoms with E-state index >= 15 is 0 Å². The van der Waals surface area contributed by atoms with Gasteiger partial charge in [-0.2, -0.15) is 5.26 Å². The van der Waals surface area contributed by atoms with E-state index in [2.05, 4.69) is 64.1 Å². The molecule has 2 atom stereocenters. The van der Waals surface area contributed by atoms with Crippen molar-refractivity contribution in [3.8, 4) is 6.07 Å². The van der Waals surface area contributed by atoms with Crippen molar-refractivity contribution in [2.24, 2.45) is 11.1 Å². The van der Waals surface area contributed by atoms with Gasteiger partial charge in [0.2, 0.25) is 11.8 Å². The molecule has 2 aliphatic heterocycles. The summed E-state index contributed by atoms with van der Waals surface area (Å²) in [5.41, 5.74) is 18.8. The lowest BCUT2D eigenvalue weighted by atomic mass is 9.70. The first-order valence-corrected chi connectivity index (χ1v) is 20.3. The number of ketones is 1. The largest absolute Gasteiger partial charge is 0.369 e. The van der Waals surface area contributed by atoms with Gasteiger partial charge in [-0.15, -0.1) is 0 Å². The van der Waals surface area contributed by atoms with Crippen LogP contribution in [-0.2, 0) is 28.0 Å². The molecule has 294 valence electrons. The number of nitriles is 1. The Labute approximate surface area is 328 Å².